The molecular weight excluding hydrogens is 228 g/mol. The van der Waals surface area contributed by atoms with E-state index in [2.05, 4.69) is 16.9 Å². The summed E-state index contributed by atoms with van der Waals surface area (Å²) >= 11 is 1.25. The molecule has 1 N–H and O–H groups in total. The lowest BCUT2D eigenvalue weighted by Gasteiger charge is -1.98. The lowest BCUT2D eigenvalue weighted by atomic mass is 10.3. The van der Waals surface area contributed by atoms with Crippen molar-refractivity contribution in [2.45, 2.75) is 13.3 Å². The van der Waals surface area contributed by atoms with Crippen molar-refractivity contribution in [1.82, 2.24) is 4.98 Å². The average molecular weight is 240 g/mol. The molecule has 86 valence electrons. The molecule has 0 fully saturated rings. The van der Waals surface area contributed by atoms with Gasteiger partial charge in [0.05, 0.1) is 18.7 Å². The number of amides is 1. The van der Waals surface area contributed by atoms with E-state index in [9.17, 15) is 9.59 Å². The van der Waals surface area contributed by atoms with Gasteiger partial charge in [0.2, 0.25) is 5.91 Å². The molecular formula is C10H12N2O3S. The summed E-state index contributed by atoms with van der Waals surface area (Å²) in [5, 5.41) is 4.67. The maximum atomic E-state index is 11.1. The summed E-state index contributed by atoms with van der Waals surface area (Å²) in [7, 11) is 0. The van der Waals surface area contributed by atoms with Crippen LogP contribution in [0.5, 0.6) is 0 Å². The molecule has 0 atom stereocenters. The molecule has 0 radical (unpaired) electrons. The minimum Gasteiger partial charge on any atom is -0.466 e. The van der Waals surface area contributed by atoms with Crippen molar-refractivity contribution in [3.8, 4) is 0 Å². The van der Waals surface area contributed by atoms with Gasteiger partial charge in [-0.15, -0.1) is 11.3 Å². The van der Waals surface area contributed by atoms with Gasteiger partial charge in [0.25, 0.3) is 0 Å². The van der Waals surface area contributed by atoms with Gasteiger partial charge in [-0.05, 0) is 13.0 Å². The smallest absolute Gasteiger partial charge is 0.311 e. The summed E-state index contributed by atoms with van der Waals surface area (Å²) in [4.78, 5) is 26.2. The van der Waals surface area contributed by atoms with Crippen LogP contribution in [0.2, 0.25) is 0 Å². The summed E-state index contributed by atoms with van der Waals surface area (Å²) in [5.41, 5.74) is 0.586. The van der Waals surface area contributed by atoms with Gasteiger partial charge in [0.1, 0.15) is 0 Å². The molecule has 0 aliphatic carbocycles. The number of ether oxygens (including phenoxy) is 1. The number of hydrogen-bond acceptors (Lipinski definition) is 5. The highest BCUT2D eigenvalue weighted by Gasteiger charge is 2.08. The van der Waals surface area contributed by atoms with E-state index in [0.29, 0.717) is 17.4 Å². The summed E-state index contributed by atoms with van der Waals surface area (Å²) < 4.78 is 4.78. The highest BCUT2D eigenvalue weighted by Crippen LogP contribution is 2.15. The number of rotatable bonds is 5. The van der Waals surface area contributed by atoms with Gasteiger partial charge in [-0.25, -0.2) is 4.98 Å². The molecule has 0 saturated heterocycles. The zero-order valence-corrected chi connectivity index (χ0v) is 9.67. The van der Waals surface area contributed by atoms with Crippen LogP contribution in [0, 0.1) is 0 Å². The second-order valence-corrected chi connectivity index (χ2v) is 3.68. The Morgan fingerprint density at radius 1 is 1.69 bits per heavy atom. The third-order valence-electron chi connectivity index (χ3n) is 1.60. The zero-order chi connectivity index (χ0) is 12.0. The van der Waals surface area contributed by atoms with Gasteiger partial charge in [0.15, 0.2) is 5.13 Å². The number of hydrogen-bond donors (Lipinski definition) is 1. The number of carbonyl (C=O) groups excluding carboxylic acids is 2. The molecule has 0 unspecified atom stereocenters. The number of thiazole rings is 1. The largest absolute Gasteiger partial charge is 0.466 e. The Bertz CT molecular complexity index is 401. The number of nitrogens with zero attached hydrogens (tertiary/aromatic N) is 1. The highest BCUT2D eigenvalue weighted by molar-refractivity contribution is 7.14. The number of esters is 1. The molecule has 16 heavy (non-hydrogen) atoms. The lowest BCUT2D eigenvalue weighted by Crippen LogP contribution is -2.09. The van der Waals surface area contributed by atoms with Gasteiger partial charge in [0, 0.05) is 5.38 Å². The van der Waals surface area contributed by atoms with E-state index >= 15 is 0 Å². The summed E-state index contributed by atoms with van der Waals surface area (Å²) in [6.07, 6.45) is 1.28. The molecule has 0 saturated carbocycles. The molecule has 1 amide bonds. The second kappa shape index (κ2) is 6.02. The molecule has 0 aromatic carbocycles. The standard InChI is InChI=1S/C10H12N2O3S/c1-3-8(13)12-10-11-7(6-16-10)5-9(14)15-4-2/h3,6H,1,4-5H2,2H3,(H,11,12,13). The van der Waals surface area contributed by atoms with E-state index in [4.69, 9.17) is 4.74 Å². The molecule has 0 spiro atoms. The molecule has 0 aliphatic rings. The third kappa shape index (κ3) is 3.82. The average Bonchev–Trinajstić information content (AvgIpc) is 2.65. The Morgan fingerprint density at radius 2 is 2.44 bits per heavy atom. The number of anilines is 1. The van der Waals surface area contributed by atoms with E-state index in [0.717, 1.165) is 6.08 Å². The van der Waals surface area contributed by atoms with E-state index in [1.54, 1.807) is 12.3 Å². The fourth-order valence-corrected chi connectivity index (χ4v) is 1.68. The molecule has 1 heterocycles. The van der Waals surface area contributed by atoms with Crippen molar-refractivity contribution in [2.24, 2.45) is 0 Å². The minimum atomic E-state index is -0.325. The topological polar surface area (TPSA) is 68.3 Å². The van der Waals surface area contributed by atoms with E-state index in [-0.39, 0.29) is 18.3 Å². The fraction of sp³-hybridized carbons (Fsp3) is 0.300. The Morgan fingerprint density at radius 3 is 3.06 bits per heavy atom. The highest BCUT2D eigenvalue weighted by atomic mass is 32.1. The van der Waals surface area contributed by atoms with Crippen LogP contribution in [0.15, 0.2) is 18.0 Å². The van der Waals surface area contributed by atoms with Crippen LogP contribution >= 0.6 is 11.3 Å². The van der Waals surface area contributed by atoms with Gasteiger partial charge >= 0.3 is 5.97 Å². The van der Waals surface area contributed by atoms with Crippen molar-refractivity contribution in [3.63, 3.8) is 0 Å². The van der Waals surface area contributed by atoms with Crippen LogP contribution < -0.4 is 5.32 Å². The Hall–Kier alpha value is -1.69. The van der Waals surface area contributed by atoms with Crippen LogP contribution in [0.4, 0.5) is 5.13 Å². The number of aromatic nitrogens is 1. The number of nitrogens with one attached hydrogen (secondary N) is 1. The molecule has 0 aliphatic heterocycles. The van der Waals surface area contributed by atoms with Crippen molar-refractivity contribution >= 4 is 28.3 Å². The zero-order valence-electron chi connectivity index (χ0n) is 8.86. The van der Waals surface area contributed by atoms with Gasteiger partial charge in [-0.2, -0.15) is 0 Å². The predicted octanol–water partition coefficient (Wildman–Crippen LogP) is 1.37. The lowest BCUT2D eigenvalue weighted by molar-refractivity contribution is -0.142. The first-order valence-corrected chi connectivity index (χ1v) is 5.57. The van der Waals surface area contributed by atoms with Gasteiger partial charge < -0.3 is 4.74 Å². The molecule has 1 rings (SSSR count). The van der Waals surface area contributed by atoms with E-state index in [1.165, 1.54) is 11.3 Å². The Balaban J connectivity index is 2.54. The molecule has 1 aromatic rings. The van der Waals surface area contributed by atoms with Crippen LogP contribution in [0.1, 0.15) is 12.6 Å². The minimum absolute atomic E-state index is 0.119. The maximum Gasteiger partial charge on any atom is 0.311 e. The molecule has 1 aromatic heterocycles. The SMILES string of the molecule is C=CC(=O)Nc1nc(CC(=O)OCC)cs1. The van der Waals surface area contributed by atoms with Crippen molar-refractivity contribution in [3.05, 3.63) is 23.7 Å². The van der Waals surface area contributed by atoms with Crippen molar-refractivity contribution < 1.29 is 14.3 Å². The van der Waals surface area contributed by atoms with Gasteiger partial charge in [-0.3, -0.25) is 14.9 Å². The Labute approximate surface area is 97.1 Å². The second-order valence-electron chi connectivity index (χ2n) is 2.82. The van der Waals surface area contributed by atoms with Crippen LogP contribution in [-0.2, 0) is 20.7 Å². The number of carbonyl (C=O) groups is 2. The summed E-state index contributed by atoms with van der Waals surface area (Å²) in [5.74, 6) is -0.647. The monoisotopic (exact) mass is 240 g/mol. The first-order chi connectivity index (χ1) is 7.65. The third-order valence-corrected chi connectivity index (χ3v) is 2.40. The quantitative estimate of drug-likeness (QED) is 0.623. The molecule has 0 bridgehead atoms. The molecule has 5 nitrogen and oxygen atoms in total. The summed E-state index contributed by atoms with van der Waals surface area (Å²) in [6, 6.07) is 0. The van der Waals surface area contributed by atoms with Crippen molar-refractivity contribution in [1.29, 1.82) is 0 Å². The summed E-state index contributed by atoms with van der Waals surface area (Å²) in [6.45, 7) is 5.42. The van der Waals surface area contributed by atoms with Crippen molar-refractivity contribution in [2.75, 3.05) is 11.9 Å². The first-order valence-electron chi connectivity index (χ1n) is 4.69. The predicted molar refractivity (Wildman–Crippen MR) is 61.3 cm³/mol. The molecule has 6 heteroatoms. The van der Waals surface area contributed by atoms with Crippen LogP contribution in [-0.4, -0.2) is 23.5 Å². The Kier molecular flexibility index (Phi) is 4.65. The first kappa shape index (κ1) is 12.4. The fourth-order valence-electron chi connectivity index (χ4n) is 0.962. The maximum absolute atomic E-state index is 11.1. The normalized spacial score (nSPS) is 9.56. The van der Waals surface area contributed by atoms with E-state index in [1.807, 2.05) is 0 Å². The van der Waals surface area contributed by atoms with E-state index < -0.39 is 0 Å². The van der Waals surface area contributed by atoms with Crippen LogP contribution in [0.3, 0.4) is 0 Å². The van der Waals surface area contributed by atoms with Crippen LogP contribution in [0.25, 0.3) is 0 Å². The van der Waals surface area contributed by atoms with Gasteiger partial charge in [-0.1, -0.05) is 6.58 Å².